The second-order valence-corrected chi connectivity index (χ2v) is 4.81. The van der Waals surface area contributed by atoms with E-state index in [1.807, 2.05) is 4.90 Å². The van der Waals surface area contributed by atoms with E-state index < -0.39 is 11.7 Å². The highest BCUT2D eigenvalue weighted by Crippen LogP contribution is 2.27. The number of carboxylic acid groups (broad SMARTS) is 1. The van der Waals surface area contributed by atoms with Crippen molar-refractivity contribution in [3.8, 4) is 0 Å². The largest absolute Gasteiger partial charge is 0.465 e. The second-order valence-electron chi connectivity index (χ2n) is 4.81. The van der Waals surface area contributed by atoms with E-state index in [9.17, 15) is 4.79 Å². The van der Waals surface area contributed by atoms with Crippen LogP contribution in [0.5, 0.6) is 0 Å². The highest BCUT2D eigenvalue weighted by atomic mass is 16.5. The van der Waals surface area contributed by atoms with E-state index in [4.69, 9.17) is 15.6 Å². The van der Waals surface area contributed by atoms with E-state index in [1.165, 1.54) is 0 Å². The number of nitrogens with one attached hydrogen (secondary N) is 1. The first-order valence-corrected chi connectivity index (χ1v) is 6.40. The van der Waals surface area contributed by atoms with Gasteiger partial charge in [-0.3, -0.25) is 0 Å². The van der Waals surface area contributed by atoms with Gasteiger partial charge < -0.3 is 25.8 Å². The quantitative estimate of drug-likeness (QED) is 0.727. The van der Waals surface area contributed by atoms with Gasteiger partial charge in [0.05, 0.1) is 12.1 Å². The minimum Gasteiger partial charge on any atom is -0.465 e. The third kappa shape index (κ3) is 3.27. The molecule has 0 unspecified atom stereocenters. The second kappa shape index (κ2) is 5.91. The van der Waals surface area contributed by atoms with Crippen molar-refractivity contribution in [3.63, 3.8) is 0 Å². The van der Waals surface area contributed by atoms with Crippen molar-refractivity contribution in [1.82, 2.24) is 15.3 Å². The van der Waals surface area contributed by atoms with Crippen LogP contribution in [0.15, 0.2) is 12.3 Å². The van der Waals surface area contributed by atoms with Crippen LogP contribution in [0.2, 0.25) is 0 Å². The number of nitrogens with two attached hydrogens (primary N) is 1. The Morgan fingerprint density at radius 3 is 2.85 bits per heavy atom. The molecule has 0 spiro atoms. The molecule has 0 atom stereocenters. The summed E-state index contributed by atoms with van der Waals surface area (Å²) in [6.07, 6.45) is 1.98. The lowest BCUT2D eigenvalue weighted by Crippen LogP contribution is -2.52. The normalized spacial score (nSPS) is 17.8. The van der Waals surface area contributed by atoms with Crippen LogP contribution in [0, 0.1) is 0 Å². The summed E-state index contributed by atoms with van der Waals surface area (Å²) in [6.45, 7) is 1.67. The number of hydrogen-bond acceptors (Lipinski definition) is 6. The number of carbonyl (C=O) groups is 1. The molecule has 0 saturated carbocycles. The van der Waals surface area contributed by atoms with Crippen LogP contribution in [-0.2, 0) is 4.74 Å². The number of methoxy groups -OCH3 is 1. The summed E-state index contributed by atoms with van der Waals surface area (Å²) >= 11 is 0. The van der Waals surface area contributed by atoms with Crippen LogP contribution in [0.1, 0.15) is 12.8 Å². The first-order valence-electron chi connectivity index (χ1n) is 6.40. The van der Waals surface area contributed by atoms with Crippen LogP contribution in [0.4, 0.5) is 16.6 Å². The Morgan fingerprint density at radius 2 is 2.30 bits per heavy atom. The van der Waals surface area contributed by atoms with Crippen molar-refractivity contribution in [3.05, 3.63) is 12.3 Å². The van der Waals surface area contributed by atoms with Gasteiger partial charge in [-0.05, 0) is 18.9 Å². The number of nitrogen functional groups attached to an aromatic ring is 1. The van der Waals surface area contributed by atoms with Crippen molar-refractivity contribution in [2.24, 2.45) is 0 Å². The minimum absolute atomic E-state index is 0.282. The Bertz CT molecular complexity index is 474. The van der Waals surface area contributed by atoms with Gasteiger partial charge in [0.25, 0.3) is 0 Å². The van der Waals surface area contributed by atoms with Gasteiger partial charge in [-0.15, -0.1) is 0 Å². The van der Waals surface area contributed by atoms with Crippen molar-refractivity contribution in [2.45, 2.75) is 18.4 Å². The molecule has 8 nitrogen and oxygen atoms in total. The van der Waals surface area contributed by atoms with Crippen molar-refractivity contribution in [2.75, 3.05) is 37.4 Å². The molecular formula is C12H19N5O3. The Labute approximate surface area is 117 Å². The van der Waals surface area contributed by atoms with Crippen LogP contribution >= 0.6 is 0 Å². The van der Waals surface area contributed by atoms with E-state index in [0.717, 1.165) is 0 Å². The average Bonchev–Trinajstić information content (AvgIpc) is 2.46. The first-order chi connectivity index (χ1) is 9.54. The molecule has 1 amide bonds. The van der Waals surface area contributed by atoms with Gasteiger partial charge in [0.15, 0.2) is 0 Å². The Kier molecular flexibility index (Phi) is 4.23. The number of nitrogens with zero attached hydrogens (tertiary/aromatic N) is 3. The number of anilines is 2. The predicted molar refractivity (Wildman–Crippen MR) is 73.7 cm³/mol. The van der Waals surface area contributed by atoms with E-state index in [-0.39, 0.29) is 6.54 Å². The van der Waals surface area contributed by atoms with Gasteiger partial charge in [-0.1, -0.05) is 0 Å². The van der Waals surface area contributed by atoms with E-state index >= 15 is 0 Å². The summed E-state index contributed by atoms with van der Waals surface area (Å²) in [7, 11) is 1.61. The standard InChI is InChI=1S/C12H19N5O3/c1-20-12(8-15-11(18)19)3-6-17(7-4-12)10-14-5-2-9(13)16-10/h2,5,15H,3-4,6-8H2,1H3,(H,18,19)(H2,13,14,16). The summed E-state index contributed by atoms with van der Waals surface area (Å²) in [5, 5.41) is 11.1. The van der Waals surface area contributed by atoms with Gasteiger partial charge in [-0.2, -0.15) is 4.98 Å². The summed E-state index contributed by atoms with van der Waals surface area (Å²) in [4.78, 5) is 21.0. The molecule has 110 valence electrons. The van der Waals surface area contributed by atoms with Gasteiger partial charge in [0.2, 0.25) is 5.95 Å². The fourth-order valence-corrected chi connectivity index (χ4v) is 2.32. The number of amides is 1. The third-order valence-corrected chi connectivity index (χ3v) is 3.62. The molecule has 0 aliphatic carbocycles. The molecule has 0 radical (unpaired) electrons. The zero-order chi connectivity index (χ0) is 14.6. The molecule has 1 aromatic heterocycles. The van der Waals surface area contributed by atoms with Crippen molar-refractivity contribution < 1.29 is 14.6 Å². The SMILES string of the molecule is COC1(CNC(=O)O)CCN(c2nccc(N)n2)CC1. The Hall–Kier alpha value is -2.09. The molecule has 1 aliphatic heterocycles. The van der Waals surface area contributed by atoms with E-state index in [0.29, 0.717) is 37.7 Å². The fraction of sp³-hybridized carbons (Fsp3) is 0.583. The highest BCUT2D eigenvalue weighted by Gasteiger charge is 2.35. The number of ether oxygens (including phenoxy) is 1. The monoisotopic (exact) mass is 281 g/mol. The summed E-state index contributed by atoms with van der Waals surface area (Å²) in [6, 6.07) is 1.64. The van der Waals surface area contributed by atoms with Gasteiger partial charge in [0.1, 0.15) is 5.82 Å². The topological polar surface area (TPSA) is 114 Å². The van der Waals surface area contributed by atoms with Gasteiger partial charge in [-0.25, -0.2) is 9.78 Å². The molecule has 2 rings (SSSR count). The molecule has 1 saturated heterocycles. The molecule has 0 aromatic carbocycles. The molecule has 4 N–H and O–H groups in total. The molecular weight excluding hydrogens is 262 g/mol. The molecule has 20 heavy (non-hydrogen) atoms. The van der Waals surface area contributed by atoms with Crippen LogP contribution in [0.25, 0.3) is 0 Å². The zero-order valence-electron chi connectivity index (χ0n) is 11.4. The summed E-state index contributed by atoms with van der Waals surface area (Å²) in [5.41, 5.74) is 5.18. The predicted octanol–water partition coefficient (Wildman–Crippen LogP) is 0.312. The number of aromatic nitrogens is 2. The molecule has 1 aliphatic rings. The molecule has 8 heteroatoms. The lowest BCUT2D eigenvalue weighted by atomic mass is 9.91. The number of rotatable bonds is 4. The smallest absolute Gasteiger partial charge is 0.404 e. The van der Waals surface area contributed by atoms with E-state index in [1.54, 1.807) is 19.4 Å². The first kappa shape index (κ1) is 14.3. The molecule has 2 heterocycles. The summed E-state index contributed by atoms with van der Waals surface area (Å²) in [5.74, 6) is 1.03. The molecule has 1 fully saturated rings. The van der Waals surface area contributed by atoms with Crippen molar-refractivity contribution >= 4 is 17.9 Å². The number of piperidine rings is 1. The van der Waals surface area contributed by atoms with Crippen LogP contribution in [0.3, 0.4) is 0 Å². The van der Waals surface area contributed by atoms with Gasteiger partial charge in [0, 0.05) is 26.4 Å². The Balaban J connectivity index is 1.98. The number of hydrogen-bond donors (Lipinski definition) is 3. The van der Waals surface area contributed by atoms with Crippen LogP contribution in [-0.4, -0.2) is 53.5 Å². The van der Waals surface area contributed by atoms with Crippen LogP contribution < -0.4 is 16.0 Å². The average molecular weight is 281 g/mol. The fourth-order valence-electron chi connectivity index (χ4n) is 2.32. The van der Waals surface area contributed by atoms with Gasteiger partial charge >= 0.3 is 6.09 Å². The molecule has 1 aromatic rings. The lowest BCUT2D eigenvalue weighted by Gasteiger charge is -2.40. The van der Waals surface area contributed by atoms with Crippen molar-refractivity contribution in [1.29, 1.82) is 0 Å². The maximum Gasteiger partial charge on any atom is 0.404 e. The maximum absolute atomic E-state index is 10.6. The maximum atomic E-state index is 10.6. The minimum atomic E-state index is -1.04. The highest BCUT2D eigenvalue weighted by molar-refractivity contribution is 5.64. The zero-order valence-corrected chi connectivity index (χ0v) is 11.4. The lowest BCUT2D eigenvalue weighted by molar-refractivity contribution is -0.0272. The van der Waals surface area contributed by atoms with E-state index in [2.05, 4.69) is 15.3 Å². The third-order valence-electron chi connectivity index (χ3n) is 3.62. The molecule has 0 bridgehead atoms. The summed E-state index contributed by atoms with van der Waals surface area (Å²) < 4.78 is 5.52. The Morgan fingerprint density at radius 1 is 1.60 bits per heavy atom.